The van der Waals surface area contributed by atoms with Gasteiger partial charge in [-0.1, -0.05) is 13.8 Å². The molecule has 1 rings (SSSR count). The van der Waals surface area contributed by atoms with Gasteiger partial charge in [-0.15, -0.1) is 0 Å². The second-order valence-corrected chi connectivity index (χ2v) is 4.97. The van der Waals surface area contributed by atoms with Crippen LogP contribution in [0.1, 0.15) is 19.6 Å². The van der Waals surface area contributed by atoms with Gasteiger partial charge in [0.2, 0.25) is 0 Å². The molecule has 4 heteroatoms. The van der Waals surface area contributed by atoms with Crippen LogP contribution in [0.3, 0.4) is 0 Å². The highest BCUT2D eigenvalue weighted by Crippen LogP contribution is 2.18. The molecule has 0 aliphatic rings. The number of rotatable bonds is 5. The highest BCUT2D eigenvalue weighted by Gasteiger charge is 2.15. The maximum Gasteiger partial charge on any atom is 0.131 e. The number of hydrogen-bond acceptors (Lipinski definition) is 3. The van der Waals surface area contributed by atoms with E-state index in [1.54, 1.807) is 6.26 Å². The molecule has 1 aromatic heterocycles. The van der Waals surface area contributed by atoms with Crippen molar-refractivity contribution in [2.75, 3.05) is 13.2 Å². The Balaban J connectivity index is 2.32. The summed E-state index contributed by atoms with van der Waals surface area (Å²) in [6, 6.07) is 1.87. The molecule has 0 amide bonds. The molecule has 0 atom stereocenters. The summed E-state index contributed by atoms with van der Waals surface area (Å²) in [5.74, 6) is 0.888. The normalized spacial score (nSPS) is 12.0. The Hall–Kier alpha value is -0.320. The molecule has 0 spiro atoms. The molecule has 80 valence electrons. The minimum atomic E-state index is -0.0843. The van der Waals surface area contributed by atoms with Gasteiger partial charge in [0.05, 0.1) is 17.3 Å². The maximum absolute atomic E-state index is 9.03. The van der Waals surface area contributed by atoms with E-state index in [-0.39, 0.29) is 12.0 Å². The van der Waals surface area contributed by atoms with Crippen molar-refractivity contribution in [3.05, 3.63) is 22.6 Å². The quantitative estimate of drug-likeness (QED) is 0.854. The van der Waals surface area contributed by atoms with E-state index < -0.39 is 0 Å². The number of aliphatic hydroxyl groups is 1. The third kappa shape index (κ3) is 3.44. The van der Waals surface area contributed by atoms with Gasteiger partial charge >= 0.3 is 0 Å². The smallest absolute Gasteiger partial charge is 0.131 e. The molecule has 0 aliphatic heterocycles. The lowest BCUT2D eigenvalue weighted by Gasteiger charge is -2.21. The first-order valence-corrected chi connectivity index (χ1v) is 5.38. The van der Waals surface area contributed by atoms with Gasteiger partial charge in [-0.05, 0) is 22.0 Å². The molecule has 0 fully saturated rings. The molecule has 1 aromatic rings. The fourth-order valence-corrected chi connectivity index (χ4v) is 1.36. The van der Waals surface area contributed by atoms with Gasteiger partial charge in [-0.2, -0.15) is 0 Å². The Bertz CT molecular complexity index is 283. The second-order valence-electron chi connectivity index (χ2n) is 4.12. The minimum absolute atomic E-state index is 0.0843. The number of hydrogen-bond donors (Lipinski definition) is 2. The van der Waals surface area contributed by atoms with Crippen LogP contribution in [0.25, 0.3) is 0 Å². The summed E-state index contributed by atoms with van der Waals surface area (Å²) in [4.78, 5) is 0. The molecule has 0 bridgehead atoms. The van der Waals surface area contributed by atoms with Crippen molar-refractivity contribution in [2.45, 2.75) is 20.4 Å². The summed E-state index contributed by atoms with van der Waals surface area (Å²) in [7, 11) is 0. The third-order valence-corrected chi connectivity index (χ3v) is 2.71. The Morgan fingerprint density at radius 1 is 1.57 bits per heavy atom. The van der Waals surface area contributed by atoms with Crippen molar-refractivity contribution < 1.29 is 9.52 Å². The van der Waals surface area contributed by atoms with Gasteiger partial charge < -0.3 is 14.8 Å². The van der Waals surface area contributed by atoms with Crippen LogP contribution in [-0.2, 0) is 6.54 Å². The lowest BCUT2D eigenvalue weighted by Crippen LogP contribution is -2.31. The van der Waals surface area contributed by atoms with Crippen molar-refractivity contribution in [1.82, 2.24) is 5.32 Å². The fraction of sp³-hybridized carbons (Fsp3) is 0.600. The zero-order valence-electron chi connectivity index (χ0n) is 8.51. The van der Waals surface area contributed by atoms with Gasteiger partial charge in [0, 0.05) is 18.6 Å². The Labute approximate surface area is 92.6 Å². The van der Waals surface area contributed by atoms with Crippen molar-refractivity contribution in [3.63, 3.8) is 0 Å². The largest absolute Gasteiger partial charge is 0.467 e. The van der Waals surface area contributed by atoms with E-state index in [0.717, 1.165) is 16.8 Å². The van der Waals surface area contributed by atoms with E-state index in [1.165, 1.54) is 0 Å². The summed E-state index contributed by atoms with van der Waals surface area (Å²) in [5.41, 5.74) is -0.0843. The van der Waals surface area contributed by atoms with Crippen LogP contribution >= 0.6 is 15.9 Å². The van der Waals surface area contributed by atoms with Crippen LogP contribution in [0.5, 0.6) is 0 Å². The molecule has 2 N–H and O–H groups in total. The highest BCUT2D eigenvalue weighted by atomic mass is 79.9. The Morgan fingerprint density at radius 2 is 2.29 bits per heavy atom. The van der Waals surface area contributed by atoms with Crippen molar-refractivity contribution in [3.8, 4) is 0 Å². The minimum Gasteiger partial charge on any atom is -0.467 e. The average Bonchev–Trinajstić information content (AvgIpc) is 2.52. The zero-order chi connectivity index (χ0) is 10.6. The first-order valence-electron chi connectivity index (χ1n) is 4.58. The van der Waals surface area contributed by atoms with Crippen LogP contribution in [-0.4, -0.2) is 18.3 Å². The van der Waals surface area contributed by atoms with Crippen molar-refractivity contribution in [1.29, 1.82) is 0 Å². The SMILES string of the molecule is CC(C)(CO)CNCc1occc1Br. The van der Waals surface area contributed by atoms with Crippen molar-refractivity contribution in [2.24, 2.45) is 5.41 Å². The van der Waals surface area contributed by atoms with E-state index in [0.29, 0.717) is 6.54 Å². The molecule has 0 radical (unpaired) electrons. The summed E-state index contributed by atoms with van der Waals surface area (Å²) in [5, 5.41) is 12.3. The van der Waals surface area contributed by atoms with Gasteiger partial charge in [0.1, 0.15) is 5.76 Å². The van der Waals surface area contributed by atoms with Gasteiger partial charge in [0.15, 0.2) is 0 Å². The molecule has 0 aliphatic carbocycles. The molecule has 0 saturated carbocycles. The van der Waals surface area contributed by atoms with E-state index in [9.17, 15) is 0 Å². The van der Waals surface area contributed by atoms with Gasteiger partial charge in [-0.3, -0.25) is 0 Å². The first-order chi connectivity index (χ1) is 6.55. The summed E-state index contributed by atoms with van der Waals surface area (Å²) < 4.78 is 6.22. The predicted octanol–water partition coefficient (Wildman–Crippen LogP) is 2.15. The van der Waals surface area contributed by atoms with Gasteiger partial charge in [0.25, 0.3) is 0 Å². The van der Waals surface area contributed by atoms with E-state index >= 15 is 0 Å². The molecule has 14 heavy (non-hydrogen) atoms. The fourth-order valence-electron chi connectivity index (χ4n) is 1.02. The third-order valence-electron chi connectivity index (χ3n) is 2.01. The van der Waals surface area contributed by atoms with E-state index in [4.69, 9.17) is 9.52 Å². The predicted molar refractivity (Wildman–Crippen MR) is 59.0 cm³/mol. The van der Waals surface area contributed by atoms with Crippen LogP contribution < -0.4 is 5.32 Å². The van der Waals surface area contributed by atoms with E-state index in [2.05, 4.69) is 21.2 Å². The monoisotopic (exact) mass is 261 g/mol. The highest BCUT2D eigenvalue weighted by molar-refractivity contribution is 9.10. The molecular weight excluding hydrogens is 246 g/mol. The number of aliphatic hydroxyl groups excluding tert-OH is 1. The molecule has 1 heterocycles. The van der Waals surface area contributed by atoms with Crippen LogP contribution in [0.2, 0.25) is 0 Å². The molecule has 0 unspecified atom stereocenters. The molecular formula is C10H16BrNO2. The van der Waals surface area contributed by atoms with Gasteiger partial charge in [-0.25, -0.2) is 0 Å². The van der Waals surface area contributed by atoms with Crippen LogP contribution in [0.4, 0.5) is 0 Å². The Kier molecular flexibility index (Phi) is 4.16. The lowest BCUT2D eigenvalue weighted by atomic mass is 9.95. The zero-order valence-corrected chi connectivity index (χ0v) is 10.1. The number of furan rings is 1. The number of nitrogens with one attached hydrogen (secondary N) is 1. The lowest BCUT2D eigenvalue weighted by molar-refractivity contribution is 0.156. The number of halogens is 1. The van der Waals surface area contributed by atoms with E-state index in [1.807, 2.05) is 19.9 Å². The standard InChI is InChI=1S/C10H16BrNO2/c1-10(2,7-13)6-12-5-9-8(11)3-4-14-9/h3-4,12-13H,5-7H2,1-2H3. The summed E-state index contributed by atoms with van der Waals surface area (Å²) in [6.07, 6.45) is 1.65. The molecule has 3 nitrogen and oxygen atoms in total. The maximum atomic E-state index is 9.03. The Morgan fingerprint density at radius 3 is 2.79 bits per heavy atom. The van der Waals surface area contributed by atoms with Crippen LogP contribution in [0.15, 0.2) is 21.2 Å². The van der Waals surface area contributed by atoms with Crippen molar-refractivity contribution >= 4 is 15.9 Å². The summed E-state index contributed by atoms with van der Waals surface area (Å²) in [6.45, 7) is 5.64. The molecule has 0 aromatic carbocycles. The van der Waals surface area contributed by atoms with Crippen LogP contribution in [0, 0.1) is 5.41 Å². The summed E-state index contributed by atoms with van der Waals surface area (Å²) >= 11 is 3.38. The molecule has 0 saturated heterocycles. The first kappa shape index (κ1) is 11.8. The topological polar surface area (TPSA) is 45.4 Å². The average molecular weight is 262 g/mol. The second kappa shape index (κ2) is 4.96.